The van der Waals surface area contributed by atoms with Crippen LogP contribution in [0, 0.1) is 6.92 Å². The lowest BCUT2D eigenvalue weighted by Gasteiger charge is -2.06. The first-order chi connectivity index (χ1) is 9.60. The van der Waals surface area contributed by atoms with Gasteiger partial charge in [-0.1, -0.05) is 25.5 Å². The van der Waals surface area contributed by atoms with Crippen LogP contribution < -0.4 is 4.74 Å². The number of carboxylic acid groups (broad SMARTS) is 1. The van der Waals surface area contributed by atoms with Crippen molar-refractivity contribution < 1.29 is 14.6 Å². The summed E-state index contributed by atoms with van der Waals surface area (Å²) in [4.78, 5) is 12.3. The van der Waals surface area contributed by atoms with Crippen molar-refractivity contribution in [3.8, 4) is 5.75 Å². The first-order valence-corrected chi connectivity index (χ1v) is 7.46. The SMILES string of the molecule is CCCc1ccc(OCc2cc(C(=O)O)sc2C)cc1. The quantitative estimate of drug-likeness (QED) is 0.863. The standard InChI is InChI=1S/C16H18O3S/c1-3-4-12-5-7-14(8-6-12)19-10-13-9-15(16(17)18)20-11(13)2/h5-9H,3-4,10H2,1-2H3,(H,17,18). The molecule has 1 heterocycles. The minimum atomic E-state index is -0.881. The Balaban J connectivity index is 1.99. The Morgan fingerprint density at radius 2 is 2.00 bits per heavy atom. The monoisotopic (exact) mass is 290 g/mol. The molecule has 0 unspecified atom stereocenters. The summed E-state index contributed by atoms with van der Waals surface area (Å²) in [6, 6.07) is 9.76. The zero-order chi connectivity index (χ0) is 14.5. The third kappa shape index (κ3) is 3.61. The maximum Gasteiger partial charge on any atom is 0.345 e. The molecule has 2 aromatic rings. The molecule has 0 bridgehead atoms. The summed E-state index contributed by atoms with van der Waals surface area (Å²) >= 11 is 1.29. The number of ether oxygens (including phenoxy) is 1. The second-order valence-corrected chi connectivity index (χ2v) is 5.94. The van der Waals surface area contributed by atoms with Gasteiger partial charge in [0.25, 0.3) is 0 Å². The molecule has 3 nitrogen and oxygen atoms in total. The fraction of sp³-hybridized carbons (Fsp3) is 0.312. The molecule has 20 heavy (non-hydrogen) atoms. The Bertz CT molecular complexity index is 584. The molecule has 1 N–H and O–H groups in total. The molecule has 0 radical (unpaired) electrons. The van der Waals surface area contributed by atoms with Gasteiger partial charge >= 0.3 is 5.97 Å². The molecule has 0 aliphatic rings. The lowest BCUT2D eigenvalue weighted by molar-refractivity contribution is 0.0702. The van der Waals surface area contributed by atoms with Crippen LogP contribution in [0.4, 0.5) is 0 Å². The van der Waals surface area contributed by atoms with Gasteiger partial charge in [0, 0.05) is 10.4 Å². The number of aromatic carboxylic acids is 1. The van der Waals surface area contributed by atoms with E-state index < -0.39 is 5.97 Å². The van der Waals surface area contributed by atoms with Crippen molar-refractivity contribution in [3.05, 3.63) is 51.2 Å². The lowest BCUT2D eigenvalue weighted by atomic mass is 10.1. The predicted molar refractivity (Wildman–Crippen MR) is 80.8 cm³/mol. The molecular formula is C16H18O3S. The molecule has 0 spiro atoms. The fourth-order valence-corrected chi connectivity index (χ4v) is 2.84. The van der Waals surface area contributed by atoms with Crippen molar-refractivity contribution in [1.29, 1.82) is 0 Å². The van der Waals surface area contributed by atoms with E-state index in [-0.39, 0.29) is 0 Å². The topological polar surface area (TPSA) is 46.5 Å². The summed E-state index contributed by atoms with van der Waals surface area (Å²) < 4.78 is 5.71. The molecule has 106 valence electrons. The Hall–Kier alpha value is -1.81. The Morgan fingerprint density at radius 3 is 2.55 bits per heavy atom. The van der Waals surface area contributed by atoms with Gasteiger partial charge in [-0.25, -0.2) is 4.79 Å². The average molecular weight is 290 g/mol. The van der Waals surface area contributed by atoms with Crippen LogP contribution >= 0.6 is 11.3 Å². The highest BCUT2D eigenvalue weighted by molar-refractivity contribution is 7.14. The van der Waals surface area contributed by atoms with E-state index in [1.807, 2.05) is 19.1 Å². The van der Waals surface area contributed by atoms with Crippen molar-refractivity contribution in [2.45, 2.75) is 33.3 Å². The van der Waals surface area contributed by atoms with E-state index in [0.29, 0.717) is 11.5 Å². The zero-order valence-electron chi connectivity index (χ0n) is 11.7. The Morgan fingerprint density at radius 1 is 1.30 bits per heavy atom. The van der Waals surface area contributed by atoms with Crippen LogP contribution in [0.1, 0.15) is 39.0 Å². The van der Waals surface area contributed by atoms with Gasteiger partial charge < -0.3 is 9.84 Å². The normalized spacial score (nSPS) is 10.5. The minimum absolute atomic E-state index is 0.361. The van der Waals surface area contributed by atoms with Gasteiger partial charge in [-0.3, -0.25) is 0 Å². The maximum atomic E-state index is 10.9. The summed E-state index contributed by atoms with van der Waals surface area (Å²) in [5, 5.41) is 8.96. The third-order valence-corrected chi connectivity index (χ3v) is 4.17. The van der Waals surface area contributed by atoms with Crippen LogP contribution in [-0.4, -0.2) is 11.1 Å². The molecule has 0 fully saturated rings. The van der Waals surface area contributed by atoms with Crippen LogP contribution in [0.3, 0.4) is 0 Å². The lowest BCUT2D eigenvalue weighted by Crippen LogP contribution is -1.96. The van der Waals surface area contributed by atoms with Gasteiger partial charge in [0.1, 0.15) is 17.2 Å². The molecule has 0 amide bonds. The average Bonchev–Trinajstić information content (AvgIpc) is 2.80. The molecule has 1 aromatic heterocycles. The molecule has 0 atom stereocenters. The van der Waals surface area contributed by atoms with E-state index in [9.17, 15) is 4.79 Å². The van der Waals surface area contributed by atoms with Crippen molar-refractivity contribution >= 4 is 17.3 Å². The summed E-state index contributed by atoms with van der Waals surface area (Å²) in [5.74, 6) is -0.0689. The third-order valence-electron chi connectivity index (χ3n) is 3.09. The number of hydrogen-bond donors (Lipinski definition) is 1. The van der Waals surface area contributed by atoms with E-state index >= 15 is 0 Å². The predicted octanol–water partition coefficient (Wildman–Crippen LogP) is 4.29. The second kappa shape index (κ2) is 6.57. The van der Waals surface area contributed by atoms with E-state index in [1.165, 1.54) is 16.9 Å². The Kier molecular flexibility index (Phi) is 4.79. The number of carboxylic acids is 1. The Labute approximate surface area is 122 Å². The van der Waals surface area contributed by atoms with Crippen LogP contribution in [-0.2, 0) is 13.0 Å². The number of carbonyl (C=O) groups is 1. The number of benzene rings is 1. The first-order valence-electron chi connectivity index (χ1n) is 6.64. The van der Waals surface area contributed by atoms with Gasteiger partial charge in [-0.15, -0.1) is 11.3 Å². The van der Waals surface area contributed by atoms with Gasteiger partial charge in [0.15, 0.2) is 0 Å². The molecule has 0 aliphatic heterocycles. The highest BCUT2D eigenvalue weighted by Gasteiger charge is 2.11. The second-order valence-electron chi connectivity index (χ2n) is 4.68. The summed E-state index contributed by atoms with van der Waals surface area (Å²) in [5.41, 5.74) is 2.24. The summed E-state index contributed by atoms with van der Waals surface area (Å²) in [6.07, 6.45) is 2.21. The first kappa shape index (κ1) is 14.6. The smallest absolute Gasteiger partial charge is 0.345 e. The number of thiophene rings is 1. The van der Waals surface area contributed by atoms with Crippen molar-refractivity contribution in [2.75, 3.05) is 0 Å². The highest BCUT2D eigenvalue weighted by atomic mass is 32.1. The fourth-order valence-electron chi connectivity index (χ4n) is 1.97. The molecule has 1 aromatic carbocycles. The maximum absolute atomic E-state index is 10.9. The van der Waals surface area contributed by atoms with Gasteiger partial charge in [-0.05, 0) is 37.1 Å². The van der Waals surface area contributed by atoms with E-state index in [1.54, 1.807) is 6.07 Å². The zero-order valence-corrected chi connectivity index (χ0v) is 12.5. The molecule has 0 saturated heterocycles. The molecule has 0 aliphatic carbocycles. The summed E-state index contributed by atoms with van der Waals surface area (Å²) in [6.45, 7) is 4.48. The molecule has 4 heteroatoms. The van der Waals surface area contributed by atoms with E-state index in [2.05, 4.69) is 19.1 Å². The van der Waals surface area contributed by atoms with Crippen LogP contribution in [0.5, 0.6) is 5.75 Å². The number of hydrogen-bond acceptors (Lipinski definition) is 3. The molecular weight excluding hydrogens is 272 g/mol. The van der Waals surface area contributed by atoms with E-state index in [0.717, 1.165) is 29.0 Å². The van der Waals surface area contributed by atoms with Gasteiger partial charge in [-0.2, -0.15) is 0 Å². The largest absolute Gasteiger partial charge is 0.489 e. The number of rotatable bonds is 6. The van der Waals surface area contributed by atoms with Gasteiger partial charge in [0.2, 0.25) is 0 Å². The van der Waals surface area contributed by atoms with E-state index in [4.69, 9.17) is 9.84 Å². The van der Waals surface area contributed by atoms with Crippen molar-refractivity contribution in [1.82, 2.24) is 0 Å². The van der Waals surface area contributed by atoms with Crippen molar-refractivity contribution in [2.24, 2.45) is 0 Å². The van der Waals surface area contributed by atoms with Crippen LogP contribution in [0.15, 0.2) is 30.3 Å². The number of aryl methyl sites for hydroxylation is 2. The summed E-state index contributed by atoms with van der Waals surface area (Å²) in [7, 11) is 0. The van der Waals surface area contributed by atoms with Crippen molar-refractivity contribution in [3.63, 3.8) is 0 Å². The minimum Gasteiger partial charge on any atom is -0.489 e. The van der Waals surface area contributed by atoms with Crippen LogP contribution in [0.25, 0.3) is 0 Å². The highest BCUT2D eigenvalue weighted by Crippen LogP contribution is 2.23. The van der Waals surface area contributed by atoms with Gasteiger partial charge in [0.05, 0.1) is 0 Å². The molecule has 2 rings (SSSR count). The molecule has 0 saturated carbocycles. The van der Waals surface area contributed by atoms with Crippen LogP contribution in [0.2, 0.25) is 0 Å².